The van der Waals surface area contributed by atoms with Crippen LogP contribution in [0.2, 0.25) is 0 Å². The van der Waals surface area contributed by atoms with Crippen molar-refractivity contribution in [3.05, 3.63) is 12.4 Å². The van der Waals surface area contributed by atoms with Crippen molar-refractivity contribution in [3.8, 4) is 5.88 Å². The summed E-state index contributed by atoms with van der Waals surface area (Å²) in [5, 5.41) is 3.30. The Morgan fingerprint density at radius 2 is 2.22 bits per heavy atom. The van der Waals surface area contributed by atoms with E-state index < -0.39 is 0 Å². The van der Waals surface area contributed by atoms with E-state index in [1.54, 1.807) is 6.20 Å². The Bertz CT molecular complexity index is 379. The van der Waals surface area contributed by atoms with Crippen LogP contribution in [-0.4, -0.2) is 41.7 Å². The molecule has 1 saturated heterocycles. The molecule has 0 aliphatic carbocycles. The molecular formula is C13H22N4O. The van der Waals surface area contributed by atoms with Gasteiger partial charge in [-0.15, -0.1) is 0 Å². The molecule has 0 radical (unpaired) electrons. The van der Waals surface area contributed by atoms with E-state index in [2.05, 4.69) is 27.1 Å². The molecule has 5 heteroatoms. The second kappa shape index (κ2) is 6.00. The number of nitrogens with zero attached hydrogens (tertiary/aromatic N) is 3. The third kappa shape index (κ3) is 3.10. The van der Waals surface area contributed by atoms with Crippen LogP contribution in [0.15, 0.2) is 12.4 Å². The average molecular weight is 250 g/mol. The van der Waals surface area contributed by atoms with E-state index >= 15 is 0 Å². The third-order valence-electron chi connectivity index (χ3n) is 2.92. The van der Waals surface area contributed by atoms with E-state index in [-0.39, 0.29) is 6.10 Å². The normalized spacial score (nSPS) is 15.6. The van der Waals surface area contributed by atoms with Gasteiger partial charge in [0, 0.05) is 19.6 Å². The van der Waals surface area contributed by atoms with Crippen molar-refractivity contribution < 1.29 is 4.74 Å². The van der Waals surface area contributed by atoms with Crippen LogP contribution >= 0.6 is 0 Å². The lowest BCUT2D eigenvalue weighted by Gasteiger charge is -2.38. The summed E-state index contributed by atoms with van der Waals surface area (Å²) in [4.78, 5) is 11.1. The zero-order valence-corrected chi connectivity index (χ0v) is 11.4. The molecule has 100 valence electrons. The monoisotopic (exact) mass is 250 g/mol. The van der Waals surface area contributed by atoms with Crippen molar-refractivity contribution in [3.63, 3.8) is 0 Å². The van der Waals surface area contributed by atoms with E-state index in [4.69, 9.17) is 4.74 Å². The maximum Gasteiger partial charge on any atom is 0.234 e. The number of anilines is 1. The zero-order valence-electron chi connectivity index (χ0n) is 11.4. The molecule has 0 amide bonds. The Morgan fingerprint density at radius 1 is 1.44 bits per heavy atom. The fourth-order valence-corrected chi connectivity index (χ4v) is 1.99. The van der Waals surface area contributed by atoms with Crippen molar-refractivity contribution in [1.29, 1.82) is 0 Å². The van der Waals surface area contributed by atoms with Gasteiger partial charge in [-0.25, -0.2) is 0 Å². The number of hydrogen-bond donors (Lipinski definition) is 1. The summed E-state index contributed by atoms with van der Waals surface area (Å²) in [6.45, 7) is 9.23. The minimum Gasteiger partial charge on any atom is -0.474 e. The maximum atomic E-state index is 5.60. The van der Waals surface area contributed by atoms with Gasteiger partial charge in [0.05, 0.1) is 24.5 Å². The predicted molar refractivity (Wildman–Crippen MR) is 72.1 cm³/mol. The molecule has 2 rings (SSSR count). The molecule has 2 heterocycles. The number of nitrogens with one attached hydrogen (secondary N) is 1. The Balaban J connectivity index is 2.13. The summed E-state index contributed by atoms with van der Waals surface area (Å²) < 4.78 is 5.60. The minimum atomic E-state index is 0.125. The largest absolute Gasteiger partial charge is 0.474 e. The lowest BCUT2D eigenvalue weighted by molar-refractivity contribution is 0.231. The van der Waals surface area contributed by atoms with E-state index in [1.807, 2.05) is 20.0 Å². The van der Waals surface area contributed by atoms with Gasteiger partial charge < -0.3 is 15.0 Å². The molecule has 1 aromatic rings. The highest BCUT2D eigenvalue weighted by Gasteiger charge is 2.25. The number of hydrogen-bond acceptors (Lipinski definition) is 5. The third-order valence-corrected chi connectivity index (χ3v) is 2.92. The van der Waals surface area contributed by atoms with E-state index in [0.29, 0.717) is 11.9 Å². The Hall–Kier alpha value is -1.36. The van der Waals surface area contributed by atoms with Crippen molar-refractivity contribution in [2.75, 3.05) is 24.5 Å². The highest BCUT2D eigenvalue weighted by molar-refractivity contribution is 5.40. The fraction of sp³-hybridized carbons (Fsp3) is 0.692. The van der Waals surface area contributed by atoms with E-state index in [0.717, 1.165) is 31.9 Å². The highest BCUT2D eigenvalue weighted by atomic mass is 16.5. The molecular weight excluding hydrogens is 228 g/mol. The van der Waals surface area contributed by atoms with Gasteiger partial charge >= 0.3 is 0 Å². The maximum absolute atomic E-state index is 5.60. The van der Waals surface area contributed by atoms with Gasteiger partial charge in [-0.1, -0.05) is 6.92 Å². The first-order valence-corrected chi connectivity index (χ1v) is 6.66. The summed E-state index contributed by atoms with van der Waals surface area (Å²) in [6.07, 6.45) is 4.72. The SMILES string of the molecule is CCCN(c1cncc(OC(C)C)n1)C1CNC1. The lowest BCUT2D eigenvalue weighted by atomic mass is 10.1. The molecule has 1 aliphatic rings. The van der Waals surface area contributed by atoms with Gasteiger partial charge in [0.15, 0.2) is 5.82 Å². The van der Waals surface area contributed by atoms with Crippen LogP contribution in [0, 0.1) is 0 Å². The summed E-state index contributed by atoms with van der Waals surface area (Å²) in [5.41, 5.74) is 0. The predicted octanol–water partition coefficient (Wildman–Crippen LogP) is 1.45. The molecule has 0 atom stereocenters. The number of ether oxygens (including phenoxy) is 1. The first-order chi connectivity index (χ1) is 8.70. The summed E-state index contributed by atoms with van der Waals surface area (Å²) in [7, 11) is 0. The van der Waals surface area contributed by atoms with Gasteiger partial charge in [-0.3, -0.25) is 4.98 Å². The topological polar surface area (TPSA) is 50.3 Å². The molecule has 18 heavy (non-hydrogen) atoms. The average Bonchev–Trinajstić information content (AvgIpc) is 2.25. The summed E-state index contributed by atoms with van der Waals surface area (Å²) in [6, 6.07) is 0.536. The zero-order chi connectivity index (χ0) is 13.0. The van der Waals surface area contributed by atoms with E-state index in [9.17, 15) is 0 Å². The first-order valence-electron chi connectivity index (χ1n) is 6.66. The standard InChI is InChI=1S/C13H22N4O/c1-4-5-17(11-6-14-7-11)12-8-15-9-13(16-12)18-10(2)3/h8-11,14H,4-7H2,1-3H3. The Labute approximate surface area is 109 Å². The fourth-order valence-electron chi connectivity index (χ4n) is 1.99. The second-order valence-electron chi connectivity index (χ2n) is 4.89. The van der Waals surface area contributed by atoms with Crippen LogP contribution in [-0.2, 0) is 0 Å². The molecule has 0 unspecified atom stereocenters. The van der Waals surface area contributed by atoms with Crippen LogP contribution in [0.4, 0.5) is 5.82 Å². The Kier molecular flexibility index (Phi) is 4.36. The smallest absolute Gasteiger partial charge is 0.234 e. The molecule has 1 aromatic heterocycles. The van der Waals surface area contributed by atoms with Crippen LogP contribution in [0.1, 0.15) is 27.2 Å². The second-order valence-corrected chi connectivity index (χ2v) is 4.89. The Morgan fingerprint density at radius 3 is 2.78 bits per heavy atom. The van der Waals surface area contributed by atoms with Crippen molar-refractivity contribution in [2.24, 2.45) is 0 Å². The van der Waals surface area contributed by atoms with Gasteiger partial charge in [-0.2, -0.15) is 4.98 Å². The molecule has 1 N–H and O–H groups in total. The van der Waals surface area contributed by atoms with Crippen LogP contribution in [0.5, 0.6) is 5.88 Å². The molecule has 1 fully saturated rings. The minimum absolute atomic E-state index is 0.125. The van der Waals surface area contributed by atoms with Crippen molar-refractivity contribution >= 4 is 5.82 Å². The van der Waals surface area contributed by atoms with Crippen LogP contribution in [0.25, 0.3) is 0 Å². The van der Waals surface area contributed by atoms with Gasteiger partial charge in [-0.05, 0) is 20.3 Å². The lowest BCUT2D eigenvalue weighted by Crippen LogP contribution is -2.57. The summed E-state index contributed by atoms with van der Waals surface area (Å²) in [5.74, 6) is 1.53. The number of aromatic nitrogens is 2. The van der Waals surface area contributed by atoms with Crippen molar-refractivity contribution in [1.82, 2.24) is 15.3 Å². The highest BCUT2D eigenvalue weighted by Crippen LogP contribution is 2.19. The van der Waals surface area contributed by atoms with Crippen LogP contribution < -0.4 is 15.0 Å². The molecule has 0 bridgehead atoms. The van der Waals surface area contributed by atoms with Gasteiger partial charge in [0.2, 0.25) is 5.88 Å². The quantitative estimate of drug-likeness (QED) is 0.828. The van der Waals surface area contributed by atoms with Gasteiger partial charge in [0.1, 0.15) is 0 Å². The van der Waals surface area contributed by atoms with Crippen molar-refractivity contribution in [2.45, 2.75) is 39.3 Å². The van der Waals surface area contributed by atoms with Crippen LogP contribution in [0.3, 0.4) is 0 Å². The number of rotatable bonds is 6. The molecule has 0 spiro atoms. The summed E-state index contributed by atoms with van der Waals surface area (Å²) >= 11 is 0. The molecule has 0 saturated carbocycles. The van der Waals surface area contributed by atoms with Gasteiger partial charge in [0.25, 0.3) is 0 Å². The van der Waals surface area contributed by atoms with E-state index in [1.165, 1.54) is 0 Å². The molecule has 1 aliphatic heterocycles. The molecule has 5 nitrogen and oxygen atoms in total. The molecule has 0 aromatic carbocycles. The first kappa shape index (κ1) is 13.1.